The molecule has 190 valence electrons. The first-order chi connectivity index (χ1) is 17.2. The first kappa shape index (κ1) is 26.1. The molecule has 7 nitrogen and oxygen atoms in total. The Morgan fingerprint density at radius 3 is 2.28 bits per heavy atom. The molecular formula is C27H31N3O4S2. The molecule has 3 aromatic rings. The number of nitrogens with zero attached hydrogens (tertiary/aromatic N) is 3. The van der Waals surface area contributed by atoms with E-state index in [9.17, 15) is 13.2 Å². The van der Waals surface area contributed by atoms with E-state index in [-0.39, 0.29) is 30.0 Å². The molecule has 36 heavy (non-hydrogen) atoms. The molecule has 0 unspecified atom stereocenters. The van der Waals surface area contributed by atoms with E-state index in [4.69, 9.17) is 4.74 Å². The predicted molar refractivity (Wildman–Crippen MR) is 144 cm³/mol. The fourth-order valence-corrected chi connectivity index (χ4v) is 6.68. The number of likely N-dealkylation sites (tertiary alicyclic amines) is 1. The summed E-state index contributed by atoms with van der Waals surface area (Å²) in [6.45, 7) is 12.9. The number of benzene rings is 2. The fraction of sp³-hybridized carbons (Fsp3) is 0.333. The highest BCUT2D eigenvalue weighted by atomic mass is 32.2. The maximum absolute atomic E-state index is 13.0. The lowest BCUT2D eigenvalue weighted by atomic mass is 10.1. The zero-order chi connectivity index (χ0) is 25.9. The van der Waals surface area contributed by atoms with Gasteiger partial charge < -0.3 is 9.64 Å². The van der Waals surface area contributed by atoms with Crippen molar-refractivity contribution >= 4 is 37.5 Å². The molecule has 1 amide bonds. The molecule has 1 saturated heterocycles. The van der Waals surface area contributed by atoms with Crippen LogP contribution in [-0.2, 0) is 10.0 Å². The number of ether oxygens (including phenoxy) is 1. The Morgan fingerprint density at radius 1 is 1.08 bits per heavy atom. The van der Waals surface area contributed by atoms with Gasteiger partial charge >= 0.3 is 0 Å². The summed E-state index contributed by atoms with van der Waals surface area (Å²) in [5, 5.41) is 0.672. The van der Waals surface area contributed by atoms with Gasteiger partial charge in [0.05, 0.1) is 15.1 Å². The molecule has 1 aliphatic rings. The number of rotatable bonds is 9. The van der Waals surface area contributed by atoms with Crippen molar-refractivity contribution in [1.82, 2.24) is 14.2 Å². The van der Waals surface area contributed by atoms with Crippen LogP contribution in [-0.4, -0.2) is 60.8 Å². The number of amides is 1. The van der Waals surface area contributed by atoms with E-state index in [0.29, 0.717) is 36.7 Å². The van der Waals surface area contributed by atoms with Gasteiger partial charge in [0.2, 0.25) is 10.0 Å². The molecule has 2 heterocycles. The summed E-state index contributed by atoms with van der Waals surface area (Å²) in [5.41, 5.74) is 3.78. The molecule has 1 fully saturated rings. The third-order valence-electron chi connectivity index (χ3n) is 6.32. The Kier molecular flexibility index (Phi) is 7.92. The lowest BCUT2D eigenvalue weighted by Crippen LogP contribution is -2.41. The molecule has 4 rings (SSSR count). The van der Waals surface area contributed by atoms with E-state index in [1.54, 1.807) is 28.4 Å². The van der Waals surface area contributed by atoms with E-state index < -0.39 is 10.0 Å². The van der Waals surface area contributed by atoms with Crippen molar-refractivity contribution < 1.29 is 17.9 Å². The van der Waals surface area contributed by atoms with Gasteiger partial charge in [0.25, 0.3) is 11.1 Å². The van der Waals surface area contributed by atoms with E-state index in [1.807, 2.05) is 0 Å². The second-order valence-electron chi connectivity index (χ2n) is 8.89. The van der Waals surface area contributed by atoms with Crippen molar-refractivity contribution in [3.05, 3.63) is 78.4 Å². The van der Waals surface area contributed by atoms with Crippen LogP contribution in [0.3, 0.4) is 0 Å². The van der Waals surface area contributed by atoms with Gasteiger partial charge in [-0.3, -0.25) is 4.79 Å². The zero-order valence-corrected chi connectivity index (χ0v) is 22.3. The van der Waals surface area contributed by atoms with Gasteiger partial charge in [-0.2, -0.15) is 4.31 Å². The Bertz CT molecular complexity index is 1320. The smallest absolute Gasteiger partial charge is 0.274 e. The standard InChI is InChI=1S/C27H31N3O4S2/c1-5-15-30(16-6-2)36(32,33)23-11-9-21(10-12-23)26(31)29-17-13-22(14-18-29)34-27-28-24-19(3)7-8-20(4)25(24)35-27/h5-12,22H,1-2,13-18H2,3-4H3. The molecule has 0 saturated carbocycles. The van der Waals surface area contributed by atoms with Crippen LogP contribution < -0.4 is 4.74 Å². The van der Waals surface area contributed by atoms with Crippen LogP contribution in [0.5, 0.6) is 5.19 Å². The van der Waals surface area contributed by atoms with E-state index in [0.717, 1.165) is 15.8 Å². The normalized spacial score (nSPS) is 14.8. The number of thiazole rings is 1. The van der Waals surface area contributed by atoms with Crippen molar-refractivity contribution in [2.24, 2.45) is 0 Å². The topological polar surface area (TPSA) is 79.8 Å². The third kappa shape index (κ3) is 5.38. The Morgan fingerprint density at radius 2 is 1.69 bits per heavy atom. The highest BCUT2D eigenvalue weighted by Gasteiger charge is 2.27. The number of piperidine rings is 1. The number of carbonyl (C=O) groups excluding carboxylic acids is 1. The molecule has 0 spiro atoms. The summed E-state index contributed by atoms with van der Waals surface area (Å²) in [7, 11) is -3.70. The van der Waals surface area contributed by atoms with Gasteiger partial charge in [0, 0.05) is 44.6 Å². The number of aromatic nitrogens is 1. The summed E-state index contributed by atoms with van der Waals surface area (Å²) >= 11 is 1.57. The van der Waals surface area contributed by atoms with Crippen molar-refractivity contribution in [3.63, 3.8) is 0 Å². The minimum Gasteiger partial charge on any atom is -0.467 e. The predicted octanol–water partition coefficient (Wildman–Crippen LogP) is 4.96. The van der Waals surface area contributed by atoms with Gasteiger partial charge in [-0.05, 0) is 49.2 Å². The van der Waals surface area contributed by atoms with Gasteiger partial charge in [0.15, 0.2) is 0 Å². The fourth-order valence-electron chi connectivity index (χ4n) is 4.27. The molecule has 0 atom stereocenters. The highest BCUT2D eigenvalue weighted by molar-refractivity contribution is 7.89. The number of aryl methyl sites for hydroxylation is 2. The van der Waals surface area contributed by atoms with Crippen LogP contribution in [0.1, 0.15) is 34.3 Å². The summed E-state index contributed by atoms with van der Waals surface area (Å²) in [4.78, 5) is 19.7. The molecule has 1 aliphatic heterocycles. The molecular weight excluding hydrogens is 494 g/mol. The van der Waals surface area contributed by atoms with Crippen molar-refractivity contribution in [1.29, 1.82) is 0 Å². The molecule has 2 aromatic carbocycles. The zero-order valence-electron chi connectivity index (χ0n) is 20.6. The quantitative estimate of drug-likeness (QED) is 0.369. The molecule has 9 heteroatoms. The van der Waals surface area contributed by atoms with Crippen LogP contribution in [0.15, 0.2) is 66.6 Å². The average Bonchev–Trinajstić information content (AvgIpc) is 3.31. The summed E-state index contributed by atoms with van der Waals surface area (Å²) in [5.74, 6) is -0.113. The molecule has 0 radical (unpaired) electrons. The van der Waals surface area contributed by atoms with Crippen molar-refractivity contribution in [3.8, 4) is 5.19 Å². The maximum atomic E-state index is 13.0. The molecule has 0 bridgehead atoms. The first-order valence-electron chi connectivity index (χ1n) is 11.9. The Balaban J connectivity index is 1.37. The summed E-state index contributed by atoms with van der Waals surface area (Å²) < 4.78 is 34.4. The van der Waals surface area contributed by atoms with E-state index in [2.05, 4.69) is 44.1 Å². The van der Waals surface area contributed by atoms with Crippen molar-refractivity contribution in [2.45, 2.75) is 37.7 Å². The Hall–Kier alpha value is -3.01. The lowest BCUT2D eigenvalue weighted by molar-refractivity contribution is 0.0595. The average molecular weight is 526 g/mol. The van der Waals surface area contributed by atoms with Gasteiger partial charge in [0.1, 0.15) is 6.10 Å². The van der Waals surface area contributed by atoms with Crippen LogP contribution in [0.4, 0.5) is 0 Å². The molecule has 0 aliphatic carbocycles. The SMILES string of the molecule is C=CCN(CC=C)S(=O)(=O)c1ccc(C(=O)N2CCC(Oc3nc4c(C)ccc(C)c4s3)CC2)cc1. The number of carbonyl (C=O) groups is 1. The Labute approximate surface area is 216 Å². The van der Waals surface area contributed by atoms with E-state index in [1.165, 1.54) is 34.2 Å². The van der Waals surface area contributed by atoms with Gasteiger partial charge in [-0.25, -0.2) is 13.4 Å². The minimum absolute atomic E-state index is 0.00319. The monoisotopic (exact) mass is 525 g/mol. The van der Waals surface area contributed by atoms with Crippen LogP contribution in [0.25, 0.3) is 10.2 Å². The number of sulfonamides is 1. The van der Waals surface area contributed by atoms with E-state index >= 15 is 0 Å². The summed E-state index contributed by atoms with van der Waals surface area (Å²) in [6.07, 6.45) is 4.49. The second kappa shape index (κ2) is 10.9. The largest absolute Gasteiger partial charge is 0.467 e. The van der Waals surface area contributed by atoms with Crippen LogP contribution in [0, 0.1) is 13.8 Å². The molecule has 0 N–H and O–H groups in total. The number of hydrogen-bond donors (Lipinski definition) is 0. The number of hydrogen-bond acceptors (Lipinski definition) is 6. The highest BCUT2D eigenvalue weighted by Crippen LogP contribution is 2.33. The summed E-state index contributed by atoms with van der Waals surface area (Å²) in [6, 6.07) is 10.3. The van der Waals surface area contributed by atoms with Crippen molar-refractivity contribution in [2.75, 3.05) is 26.2 Å². The number of fused-ring (bicyclic) bond motifs is 1. The third-order valence-corrected chi connectivity index (χ3v) is 9.25. The minimum atomic E-state index is -3.70. The van der Waals surface area contributed by atoms with Gasteiger partial charge in [-0.1, -0.05) is 35.6 Å². The molecule has 1 aromatic heterocycles. The van der Waals surface area contributed by atoms with Gasteiger partial charge in [-0.15, -0.1) is 13.2 Å². The van der Waals surface area contributed by atoms with Crippen LogP contribution in [0.2, 0.25) is 0 Å². The second-order valence-corrected chi connectivity index (χ2v) is 11.8. The first-order valence-corrected chi connectivity index (χ1v) is 14.1. The maximum Gasteiger partial charge on any atom is 0.274 e. The van der Waals surface area contributed by atoms with Crippen LogP contribution >= 0.6 is 11.3 Å². The lowest BCUT2D eigenvalue weighted by Gasteiger charge is -2.31.